The summed E-state index contributed by atoms with van der Waals surface area (Å²) in [5.74, 6) is -0.364. The summed E-state index contributed by atoms with van der Waals surface area (Å²) in [5, 5.41) is 13.3. The third-order valence-electron chi connectivity index (χ3n) is 4.05. The maximum Gasteiger partial charge on any atom is 0.169 e. The topological polar surface area (TPSA) is 70.7 Å². The Morgan fingerprint density at radius 1 is 1.12 bits per heavy atom. The number of rotatable bonds is 3. The lowest BCUT2D eigenvalue weighted by atomic mass is 10.2. The average molecular weight is 328 g/mol. The lowest BCUT2D eigenvalue weighted by Gasteiger charge is -2.21. The van der Waals surface area contributed by atoms with Crippen LogP contribution >= 0.6 is 0 Å². The first-order valence-corrected chi connectivity index (χ1v) is 7.90. The molecule has 4 heterocycles. The molecule has 1 aliphatic rings. The number of hydrogen-bond acceptors (Lipinski definition) is 5. The Kier molecular flexibility index (Phi) is 3.81. The highest BCUT2D eigenvalue weighted by atomic mass is 19.1. The van der Waals surface area contributed by atoms with Gasteiger partial charge >= 0.3 is 0 Å². The van der Waals surface area contributed by atoms with E-state index in [9.17, 15) is 4.39 Å². The fourth-order valence-electron chi connectivity index (χ4n) is 2.80. The van der Waals surface area contributed by atoms with Crippen molar-refractivity contribution >= 4 is 0 Å². The Morgan fingerprint density at radius 3 is 2.79 bits per heavy atom. The Labute approximate surface area is 138 Å². The van der Waals surface area contributed by atoms with E-state index in [0.717, 1.165) is 31.6 Å². The minimum atomic E-state index is -0.364. The minimum absolute atomic E-state index is 0.102. The highest BCUT2D eigenvalue weighted by molar-refractivity contribution is 5.63. The van der Waals surface area contributed by atoms with Crippen molar-refractivity contribution < 1.29 is 9.13 Å². The van der Waals surface area contributed by atoms with Crippen molar-refractivity contribution in [3.63, 3.8) is 0 Å². The molecule has 0 bridgehead atoms. The molecule has 0 amide bonds. The molecule has 0 saturated carbocycles. The quantitative estimate of drug-likeness (QED) is 0.739. The van der Waals surface area contributed by atoms with Gasteiger partial charge in [0.1, 0.15) is 17.2 Å². The van der Waals surface area contributed by atoms with Crippen LogP contribution in [0.2, 0.25) is 0 Å². The molecule has 1 aliphatic heterocycles. The molecule has 1 unspecified atom stereocenters. The number of halogens is 1. The Hall–Kier alpha value is -2.61. The van der Waals surface area contributed by atoms with Crippen molar-refractivity contribution in [1.82, 2.24) is 29.8 Å². The van der Waals surface area contributed by atoms with E-state index in [1.807, 2.05) is 13.1 Å². The van der Waals surface area contributed by atoms with Crippen LogP contribution in [0.15, 0.2) is 30.6 Å². The summed E-state index contributed by atoms with van der Waals surface area (Å²) < 4.78 is 20.4. The van der Waals surface area contributed by atoms with Crippen LogP contribution in [0.1, 0.15) is 25.5 Å². The molecule has 0 radical (unpaired) electrons. The van der Waals surface area contributed by atoms with Gasteiger partial charge < -0.3 is 4.74 Å². The van der Waals surface area contributed by atoms with Crippen LogP contribution in [0, 0.1) is 5.82 Å². The fraction of sp³-hybridized carbons (Fsp3) is 0.375. The van der Waals surface area contributed by atoms with Gasteiger partial charge in [0, 0.05) is 13.7 Å². The molecule has 0 N–H and O–H groups in total. The SMILES string of the molecule is Cn1nc(-c2cnn(C3CCCCO3)n2)cc1-c1ccc(F)cn1. The summed E-state index contributed by atoms with van der Waals surface area (Å²) >= 11 is 0. The van der Waals surface area contributed by atoms with Gasteiger partial charge in [0.2, 0.25) is 0 Å². The molecule has 8 heteroatoms. The van der Waals surface area contributed by atoms with Gasteiger partial charge in [-0.3, -0.25) is 9.67 Å². The highest BCUT2D eigenvalue weighted by Crippen LogP contribution is 2.25. The second-order valence-corrected chi connectivity index (χ2v) is 5.77. The number of pyridine rings is 1. The lowest BCUT2D eigenvalue weighted by Crippen LogP contribution is -2.20. The number of aromatic nitrogens is 6. The first-order chi connectivity index (χ1) is 11.7. The highest BCUT2D eigenvalue weighted by Gasteiger charge is 2.19. The van der Waals surface area contributed by atoms with E-state index >= 15 is 0 Å². The summed E-state index contributed by atoms with van der Waals surface area (Å²) in [6.45, 7) is 0.742. The number of aryl methyl sites for hydroxylation is 1. The van der Waals surface area contributed by atoms with E-state index in [1.165, 1.54) is 12.3 Å². The Bertz CT molecular complexity index is 835. The van der Waals surface area contributed by atoms with Gasteiger partial charge in [-0.2, -0.15) is 15.0 Å². The third kappa shape index (κ3) is 2.80. The van der Waals surface area contributed by atoms with Crippen molar-refractivity contribution in [2.75, 3.05) is 6.61 Å². The second kappa shape index (κ2) is 6.12. The number of nitrogens with zero attached hydrogens (tertiary/aromatic N) is 6. The minimum Gasteiger partial charge on any atom is -0.355 e. The van der Waals surface area contributed by atoms with Crippen LogP contribution < -0.4 is 0 Å². The molecule has 0 aliphatic carbocycles. The van der Waals surface area contributed by atoms with Crippen LogP contribution in [0.25, 0.3) is 22.8 Å². The summed E-state index contributed by atoms with van der Waals surface area (Å²) in [4.78, 5) is 5.71. The monoisotopic (exact) mass is 328 g/mol. The molecule has 24 heavy (non-hydrogen) atoms. The van der Waals surface area contributed by atoms with Gasteiger partial charge in [-0.15, -0.1) is 5.10 Å². The molecule has 3 aromatic rings. The Balaban J connectivity index is 1.62. The zero-order valence-corrected chi connectivity index (χ0v) is 13.3. The van der Waals surface area contributed by atoms with Gasteiger partial charge in [-0.1, -0.05) is 0 Å². The summed E-state index contributed by atoms with van der Waals surface area (Å²) in [6.07, 6.45) is 5.89. The molecule has 0 aromatic carbocycles. The predicted octanol–water partition coefficient (Wildman–Crippen LogP) is 2.58. The zero-order valence-electron chi connectivity index (χ0n) is 13.3. The van der Waals surface area contributed by atoms with Crippen LogP contribution in [0.5, 0.6) is 0 Å². The van der Waals surface area contributed by atoms with Gasteiger partial charge in [0.05, 0.1) is 23.8 Å². The normalized spacial score (nSPS) is 18.0. The van der Waals surface area contributed by atoms with Gasteiger partial charge in [0.25, 0.3) is 0 Å². The molecule has 124 valence electrons. The average Bonchev–Trinajstić information content (AvgIpc) is 3.23. The maximum absolute atomic E-state index is 13.0. The summed E-state index contributed by atoms with van der Waals surface area (Å²) in [5.41, 5.74) is 2.81. The van der Waals surface area contributed by atoms with E-state index in [1.54, 1.807) is 21.7 Å². The standard InChI is InChI=1S/C16H17FN6O/c1-22-15(12-6-5-11(17)9-18-12)8-13(20-22)14-10-19-23(21-14)16-4-2-3-7-24-16/h5-6,8-10,16H,2-4,7H2,1H3. The molecular weight excluding hydrogens is 311 g/mol. The van der Waals surface area contributed by atoms with Gasteiger partial charge in [-0.25, -0.2) is 4.39 Å². The molecule has 1 atom stereocenters. The molecule has 0 spiro atoms. The predicted molar refractivity (Wildman–Crippen MR) is 84.3 cm³/mol. The molecule has 1 fully saturated rings. The zero-order chi connectivity index (χ0) is 16.5. The third-order valence-corrected chi connectivity index (χ3v) is 4.05. The molecular formula is C16H17FN6O. The first-order valence-electron chi connectivity index (χ1n) is 7.90. The molecule has 3 aromatic heterocycles. The van der Waals surface area contributed by atoms with Crippen molar-refractivity contribution in [2.45, 2.75) is 25.5 Å². The van der Waals surface area contributed by atoms with Gasteiger partial charge in [-0.05, 0) is 37.5 Å². The van der Waals surface area contributed by atoms with Gasteiger partial charge in [0.15, 0.2) is 6.23 Å². The lowest BCUT2D eigenvalue weighted by molar-refractivity contribution is -0.0479. The van der Waals surface area contributed by atoms with Crippen LogP contribution in [-0.4, -0.2) is 36.4 Å². The van der Waals surface area contributed by atoms with Crippen LogP contribution in [0.4, 0.5) is 4.39 Å². The Morgan fingerprint density at radius 2 is 2.04 bits per heavy atom. The fourth-order valence-corrected chi connectivity index (χ4v) is 2.80. The van der Waals surface area contributed by atoms with Crippen molar-refractivity contribution in [3.05, 3.63) is 36.4 Å². The first kappa shape index (κ1) is 14.9. The smallest absolute Gasteiger partial charge is 0.169 e. The molecule has 1 saturated heterocycles. The second-order valence-electron chi connectivity index (χ2n) is 5.77. The summed E-state index contributed by atoms with van der Waals surface area (Å²) in [6, 6.07) is 4.88. The van der Waals surface area contributed by atoms with E-state index in [0.29, 0.717) is 17.1 Å². The van der Waals surface area contributed by atoms with Crippen molar-refractivity contribution in [3.8, 4) is 22.8 Å². The molecule has 4 rings (SSSR count). The van der Waals surface area contributed by atoms with Crippen LogP contribution in [-0.2, 0) is 11.8 Å². The van der Waals surface area contributed by atoms with E-state index < -0.39 is 0 Å². The van der Waals surface area contributed by atoms with Crippen molar-refractivity contribution in [2.24, 2.45) is 7.05 Å². The molecule has 7 nitrogen and oxygen atoms in total. The van der Waals surface area contributed by atoms with E-state index in [-0.39, 0.29) is 12.0 Å². The number of ether oxygens (including phenoxy) is 1. The largest absolute Gasteiger partial charge is 0.355 e. The maximum atomic E-state index is 13.0. The van der Waals surface area contributed by atoms with Crippen LogP contribution in [0.3, 0.4) is 0 Å². The van der Waals surface area contributed by atoms with E-state index in [4.69, 9.17) is 4.74 Å². The van der Waals surface area contributed by atoms with E-state index in [2.05, 4.69) is 20.3 Å². The van der Waals surface area contributed by atoms with Crippen molar-refractivity contribution in [1.29, 1.82) is 0 Å². The number of hydrogen-bond donors (Lipinski definition) is 0. The summed E-state index contributed by atoms with van der Waals surface area (Å²) in [7, 11) is 1.82.